The summed E-state index contributed by atoms with van der Waals surface area (Å²) in [5.74, 6) is 0. The fourth-order valence-electron chi connectivity index (χ4n) is 1.54. The fraction of sp³-hybridized carbons (Fsp3) is 0.500. The van der Waals surface area contributed by atoms with Crippen LogP contribution >= 0.6 is 0 Å². The van der Waals surface area contributed by atoms with Crippen LogP contribution in [0.1, 0.15) is 6.92 Å². The number of nitrogens with zero attached hydrogens (tertiary/aromatic N) is 2. The Balaban J connectivity index is 3.04. The van der Waals surface area contributed by atoms with Crippen molar-refractivity contribution in [2.24, 2.45) is 0 Å². The summed E-state index contributed by atoms with van der Waals surface area (Å²) in [6, 6.07) is 3.77. The summed E-state index contributed by atoms with van der Waals surface area (Å²) >= 11 is 0. The van der Waals surface area contributed by atoms with E-state index in [2.05, 4.69) is 10.0 Å². The second-order valence-electron chi connectivity index (χ2n) is 4.85. The van der Waals surface area contributed by atoms with Gasteiger partial charge in [-0.3, -0.25) is 10.1 Å². The molecule has 0 amide bonds. The Bertz CT molecular complexity index is 616. The highest BCUT2D eigenvalue weighted by Crippen LogP contribution is 2.26. The Hall–Kier alpha value is -1.71. The number of rotatable bonds is 7. The molecule has 1 unspecified atom stereocenters. The minimum Gasteiger partial charge on any atom is -0.383 e. The molecule has 0 fully saturated rings. The average molecular weight is 316 g/mol. The third-order valence-corrected chi connectivity index (χ3v) is 4.62. The number of nitro benzene ring substituents is 1. The first-order chi connectivity index (χ1) is 9.69. The van der Waals surface area contributed by atoms with Crippen molar-refractivity contribution in [2.45, 2.75) is 17.9 Å². The molecule has 1 rings (SSSR count). The maximum atomic E-state index is 12.2. The van der Waals surface area contributed by atoms with Gasteiger partial charge in [-0.25, -0.2) is 13.1 Å². The van der Waals surface area contributed by atoms with E-state index in [1.807, 2.05) is 25.9 Å². The lowest BCUT2D eigenvalue weighted by Crippen LogP contribution is -2.38. The van der Waals surface area contributed by atoms with E-state index >= 15 is 0 Å². The van der Waals surface area contributed by atoms with Gasteiger partial charge >= 0.3 is 0 Å². The molecule has 9 heteroatoms. The molecule has 0 saturated carbocycles. The summed E-state index contributed by atoms with van der Waals surface area (Å²) in [5.41, 5.74) is -0.0124. The summed E-state index contributed by atoms with van der Waals surface area (Å²) < 4.78 is 26.8. The number of sulfonamides is 1. The fourth-order valence-corrected chi connectivity index (χ4v) is 2.68. The molecular formula is C12H20N4O4S. The predicted molar refractivity (Wildman–Crippen MR) is 81.0 cm³/mol. The van der Waals surface area contributed by atoms with Gasteiger partial charge in [-0.05, 0) is 33.2 Å². The molecule has 2 N–H and O–H groups in total. The van der Waals surface area contributed by atoms with Gasteiger partial charge in [-0.15, -0.1) is 0 Å². The molecule has 1 aromatic carbocycles. The van der Waals surface area contributed by atoms with Gasteiger partial charge in [0, 0.05) is 25.7 Å². The van der Waals surface area contributed by atoms with Gasteiger partial charge in [0.15, 0.2) is 0 Å². The Kier molecular flexibility index (Phi) is 5.64. The molecule has 118 valence electrons. The molecule has 0 heterocycles. The van der Waals surface area contributed by atoms with E-state index in [4.69, 9.17) is 0 Å². The second kappa shape index (κ2) is 6.83. The third kappa shape index (κ3) is 4.38. The molecule has 0 saturated heterocycles. The lowest BCUT2D eigenvalue weighted by Gasteiger charge is -2.20. The normalized spacial score (nSPS) is 13.2. The van der Waals surface area contributed by atoms with Crippen molar-refractivity contribution in [2.75, 3.05) is 33.0 Å². The Labute approximate surface area is 124 Å². The van der Waals surface area contributed by atoms with Crippen LogP contribution in [0.3, 0.4) is 0 Å². The van der Waals surface area contributed by atoms with Crippen LogP contribution in [0, 0.1) is 10.1 Å². The van der Waals surface area contributed by atoms with E-state index in [0.29, 0.717) is 0 Å². The number of benzene rings is 1. The van der Waals surface area contributed by atoms with Gasteiger partial charge in [-0.2, -0.15) is 0 Å². The lowest BCUT2D eigenvalue weighted by atomic mass is 10.3. The molecule has 1 aromatic rings. The summed E-state index contributed by atoms with van der Waals surface area (Å²) in [6.07, 6.45) is 0. The molecule has 0 bridgehead atoms. The van der Waals surface area contributed by atoms with Crippen molar-refractivity contribution >= 4 is 21.4 Å². The monoisotopic (exact) mass is 316 g/mol. The van der Waals surface area contributed by atoms with Crippen molar-refractivity contribution in [1.29, 1.82) is 0 Å². The van der Waals surface area contributed by atoms with Crippen LogP contribution in [0.25, 0.3) is 0 Å². The minimum absolute atomic E-state index is 0.00587. The average Bonchev–Trinajstić information content (AvgIpc) is 2.43. The SMILES string of the molecule is CNc1ccc(S(=O)(=O)NCC(C)N(C)C)cc1[N+](=O)[O-]. The Morgan fingerprint density at radius 3 is 2.48 bits per heavy atom. The van der Waals surface area contributed by atoms with E-state index in [0.717, 1.165) is 6.07 Å². The van der Waals surface area contributed by atoms with Crippen LogP contribution in [-0.4, -0.2) is 52.0 Å². The zero-order valence-electron chi connectivity index (χ0n) is 12.5. The number of likely N-dealkylation sites (N-methyl/N-ethyl adjacent to an activating group) is 1. The second-order valence-corrected chi connectivity index (χ2v) is 6.62. The van der Waals surface area contributed by atoms with Gasteiger partial charge in [0.25, 0.3) is 5.69 Å². The van der Waals surface area contributed by atoms with Crippen molar-refractivity contribution < 1.29 is 13.3 Å². The molecule has 8 nitrogen and oxygen atoms in total. The molecule has 0 radical (unpaired) electrons. The Morgan fingerprint density at radius 1 is 1.38 bits per heavy atom. The van der Waals surface area contributed by atoms with Crippen molar-refractivity contribution in [3.8, 4) is 0 Å². The van der Waals surface area contributed by atoms with E-state index in [9.17, 15) is 18.5 Å². The molecule has 21 heavy (non-hydrogen) atoms. The van der Waals surface area contributed by atoms with E-state index in [1.165, 1.54) is 19.2 Å². The molecule has 1 atom stereocenters. The van der Waals surface area contributed by atoms with Gasteiger partial charge in [0.2, 0.25) is 10.0 Å². The summed E-state index contributed by atoms with van der Waals surface area (Å²) in [6.45, 7) is 2.09. The van der Waals surface area contributed by atoms with Crippen molar-refractivity contribution in [3.05, 3.63) is 28.3 Å². The molecule has 0 aliphatic carbocycles. The molecule has 0 aliphatic heterocycles. The van der Waals surface area contributed by atoms with Crippen LogP contribution < -0.4 is 10.0 Å². The number of nitrogens with one attached hydrogen (secondary N) is 2. The number of hydrogen-bond donors (Lipinski definition) is 2. The molecule has 0 spiro atoms. The standard InChI is InChI=1S/C12H20N4O4S/c1-9(15(3)4)8-14-21(19,20)10-5-6-11(13-2)12(7-10)16(17)18/h5-7,9,13-14H,8H2,1-4H3. The zero-order chi connectivity index (χ0) is 16.2. The van der Waals surface area contributed by atoms with Crippen LogP contribution in [-0.2, 0) is 10.0 Å². The van der Waals surface area contributed by atoms with Crippen molar-refractivity contribution in [3.63, 3.8) is 0 Å². The summed E-state index contributed by atoms with van der Waals surface area (Å²) in [5, 5.41) is 13.6. The van der Waals surface area contributed by atoms with Crippen molar-refractivity contribution in [1.82, 2.24) is 9.62 Å². The van der Waals surface area contributed by atoms with Crippen LogP contribution in [0.4, 0.5) is 11.4 Å². The lowest BCUT2D eigenvalue weighted by molar-refractivity contribution is -0.384. The van der Waals surface area contributed by atoms with Gasteiger partial charge in [-0.1, -0.05) is 0 Å². The highest BCUT2D eigenvalue weighted by atomic mass is 32.2. The third-order valence-electron chi connectivity index (χ3n) is 3.20. The smallest absolute Gasteiger partial charge is 0.293 e. The van der Waals surface area contributed by atoms with Crippen LogP contribution in [0.5, 0.6) is 0 Å². The van der Waals surface area contributed by atoms with Gasteiger partial charge in [0.05, 0.1) is 9.82 Å². The quantitative estimate of drug-likeness (QED) is 0.571. The predicted octanol–water partition coefficient (Wildman–Crippen LogP) is 0.865. The molecule has 0 aromatic heterocycles. The first-order valence-corrected chi connectivity index (χ1v) is 7.79. The zero-order valence-corrected chi connectivity index (χ0v) is 13.3. The topological polar surface area (TPSA) is 105 Å². The largest absolute Gasteiger partial charge is 0.383 e. The van der Waals surface area contributed by atoms with E-state index < -0.39 is 14.9 Å². The van der Waals surface area contributed by atoms with Crippen LogP contribution in [0.2, 0.25) is 0 Å². The number of hydrogen-bond acceptors (Lipinski definition) is 6. The molecular weight excluding hydrogens is 296 g/mol. The van der Waals surface area contributed by atoms with Gasteiger partial charge < -0.3 is 10.2 Å². The summed E-state index contributed by atoms with van der Waals surface area (Å²) in [7, 11) is 1.43. The highest BCUT2D eigenvalue weighted by Gasteiger charge is 2.21. The maximum Gasteiger partial charge on any atom is 0.293 e. The van der Waals surface area contributed by atoms with Gasteiger partial charge in [0.1, 0.15) is 5.69 Å². The first kappa shape index (κ1) is 17.3. The van der Waals surface area contributed by atoms with E-state index in [1.54, 1.807) is 0 Å². The summed E-state index contributed by atoms with van der Waals surface area (Å²) in [4.78, 5) is 12.1. The Morgan fingerprint density at radius 2 is 2.00 bits per heavy atom. The minimum atomic E-state index is -3.78. The molecule has 0 aliphatic rings. The number of nitro groups is 1. The van der Waals surface area contributed by atoms with E-state index in [-0.39, 0.29) is 28.9 Å². The first-order valence-electron chi connectivity index (χ1n) is 6.31. The maximum absolute atomic E-state index is 12.2. The van der Waals surface area contributed by atoms with Crippen LogP contribution in [0.15, 0.2) is 23.1 Å². The highest BCUT2D eigenvalue weighted by molar-refractivity contribution is 7.89. The number of anilines is 1.